The van der Waals surface area contributed by atoms with Crippen molar-refractivity contribution in [2.45, 2.75) is 33.2 Å². The lowest BCUT2D eigenvalue weighted by atomic mass is 9.90. The van der Waals surface area contributed by atoms with Crippen LogP contribution in [0.25, 0.3) is 0 Å². The van der Waals surface area contributed by atoms with Gasteiger partial charge < -0.3 is 10.8 Å². The first-order chi connectivity index (χ1) is 4.63. The van der Waals surface area contributed by atoms with Gasteiger partial charge in [-0.3, -0.25) is 0 Å². The van der Waals surface area contributed by atoms with Crippen LogP contribution in [0.2, 0.25) is 0 Å². The van der Waals surface area contributed by atoms with E-state index in [-0.39, 0.29) is 18.6 Å². The van der Waals surface area contributed by atoms with Gasteiger partial charge in [0.05, 0.1) is 0 Å². The Hall–Kier alpha value is -0.0800. The Balaban J connectivity index is 3.76. The molecule has 10 heavy (non-hydrogen) atoms. The normalized spacial score (nSPS) is 17.4. The average molecular weight is 145 g/mol. The molecule has 0 spiro atoms. The second-order valence-corrected chi connectivity index (χ2v) is 3.17. The van der Waals surface area contributed by atoms with Crippen molar-refractivity contribution in [3.05, 3.63) is 0 Å². The molecule has 0 amide bonds. The van der Waals surface area contributed by atoms with Crippen molar-refractivity contribution in [3.63, 3.8) is 0 Å². The summed E-state index contributed by atoms with van der Waals surface area (Å²) in [5, 5.41) is 8.87. The van der Waals surface area contributed by atoms with E-state index < -0.39 is 0 Å². The molecular weight excluding hydrogens is 126 g/mol. The maximum Gasteiger partial charge on any atom is 0.0474 e. The van der Waals surface area contributed by atoms with E-state index in [2.05, 4.69) is 20.8 Å². The van der Waals surface area contributed by atoms with Crippen LogP contribution in [0.1, 0.15) is 27.2 Å². The second-order valence-electron chi connectivity index (χ2n) is 3.17. The standard InChI is InChI=1S/C8H19NO/c1-4-7(5-10)8(9)6(2)3/h6-8,10H,4-5,9H2,1-3H3. The smallest absolute Gasteiger partial charge is 0.0474 e. The summed E-state index contributed by atoms with van der Waals surface area (Å²) in [5.74, 6) is 0.747. The topological polar surface area (TPSA) is 46.2 Å². The van der Waals surface area contributed by atoms with Crippen LogP contribution in [0.3, 0.4) is 0 Å². The third-order valence-electron chi connectivity index (χ3n) is 2.07. The lowest BCUT2D eigenvalue weighted by Crippen LogP contribution is -2.36. The van der Waals surface area contributed by atoms with Gasteiger partial charge in [0.2, 0.25) is 0 Å². The SMILES string of the molecule is CCC(CO)C(N)C(C)C. The van der Waals surface area contributed by atoms with Crippen LogP contribution < -0.4 is 5.73 Å². The van der Waals surface area contributed by atoms with Crippen molar-refractivity contribution in [2.24, 2.45) is 17.6 Å². The van der Waals surface area contributed by atoms with Crippen LogP contribution in [0, 0.1) is 11.8 Å². The summed E-state index contributed by atoms with van der Waals surface area (Å²) in [6.07, 6.45) is 0.968. The molecule has 0 saturated heterocycles. The monoisotopic (exact) mass is 145 g/mol. The van der Waals surface area contributed by atoms with Gasteiger partial charge in [-0.1, -0.05) is 20.8 Å². The molecule has 2 atom stereocenters. The number of hydrogen-bond acceptors (Lipinski definition) is 2. The van der Waals surface area contributed by atoms with Gasteiger partial charge in [0.1, 0.15) is 0 Å². The highest BCUT2D eigenvalue weighted by molar-refractivity contribution is 4.73. The van der Waals surface area contributed by atoms with Crippen LogP contribution in [0.15, 0.2) is 0 Å². The molecule has 0 saturated carbocycles. The van der Waals surface area contributed by atoms with Gasteiger partial charge in [0, 0.05) is 12.6 Å². The number of rotatable bonds is 4. The second kappa shape index (κ2) is 4.69. The summed E-state index contributed by atoms with van der Waals surface area (Å²) < 4.78 is 0. The molecule has 0 bridgehead atoms. The molecular formula is C8H19NO. The van der Waals surface area contributed by atoms with Crippen molar-refractivity contribution in [2.75, 3.05) is 6.61 Å². The fourth-order valence-electron chi connectivity index (χ4n) is 1.07. The van der Waals surface area contributed by atoms with E-state index in [1.54, 1.807) is 0 Å². The van der Waals surface area contributed by atoms with Gasteiger partial charge in [-0.25, -0.2) is 0 Å². The molecule has 0 heterocycles. The minimum absolute atomic E-state index is 0.148. The highest BCUT2D eigenvalue weighted by atomic mass is 16.3. The average Bonchev–Trinajstić information content (AvgIpc) is 1.90. The van der Waals surface area contributed by atoms with Crippen LogP contribution in [0.5, 0.6) is 0 Å². The summed E-state index contributed by atoms with van der Waals surface area (Å²) in [5.41, 5.74) is 5.82. The molecule has 0 aromatic carbocycles. The summed E-state index contributed by atoms with van der Waals surface area (Å²) >= 11 is 0. The van der Waals surface area contributed by atoms with Gasteiger partial charge >= 0.3 is 0 Å². The Morgan fingerprint density at radius 1 is 1.40 bits per heavy atom. The maximum atomic E-state index is 8.87. The van der Waals surface area contributed by atoms with Crippen molar-refractivity contribution >= 4 is 0 Å². The Labute approximate surface area is 63.4 Å². The molecule has 2 unspecified atom stereocenters. The molecule has 0 aromatic heterocycles. The van der Waals surface area contributed by atoms with E-state index >= 15 is 0 Å². The minimum atomic E-state index is 0.148. The minimum Gasteiger partial charge on any atom is -0.396 e. The number of aliphatic hydroxyl groups excluding tert-OH is 1. The molecule has 0 aromatic rings. The molecule has 2 heteroatoms. The quantitative estimate of drug-likeness (QED) is 0.619. The fourth-order valence-corrected chi connectivity index (χ4v) is 1.07. The van der Waals surface area contributed by atoms with Crippen LogP contribution >= 0.6 is 0 Å². The molecule has 0 aliphatic rings. The summed E-state index contributed by atoms with van der Waals surface area (Å²) in [7, 11) is 0. The van der Waals surface area contributed by atoms with E-state index in [4.69, 9.17) is 10.8 Å². The predicted molar refractivity (Wildman–Crippen MR) is 43.7 cm³/mol. The Morgan fingerprint density at radius 3 is 2.00 bits per heavy atom. The Kier molecular flexibility index (Phi) is 4.65. The number of nitrogens with two attached hydrogens (primary N) is 1. The lowest BCUT2D eigenvalue weighted by Gasteiger charge is -2.23. The first-order valence-electron chi connectivity index (χ1n) is 3.99. The Bertz CT molecular complexity index is 79.3. The van der Waals surface area contributed by atoms with Gasteiger partial charge in [-0.15, -0.1) is 0 Å². The van der Waals surface area contributed by atoms with Gasteiger partial charge in [0.25, 0.3) is 0 Å². The number of aliphatic hydroxyl groups is 1. The summed E-state index contributed by atoms with van der Waals surface area (Å²) in [6.45, 7) is 6.45. The number of hydrogen-bond donors (Lipinski definition) is 2. The molecule has 0 radical (unpaired) electrons. The first-order valence-corrected chi connectivity index (χ1v) is 3.99. The van der Waals surface area contributed by atoms with Gasteiger partial charge in [-0.2, -0.15) is 0 Å². The molecule has 3 N–H and O–H groups in total. The molecule has 62 valence electrons. The highest BCUT2D eigenvalue weighted by Gasteiger charge is 2.17. The molecule has 0 aliphatic carbocycles. The Morgan fingerprint density at radius 2 is 1.90 bits per heavy atom. The maximum absolute atomic E-state index is 8.87. The summed E-state index contributed by atoms with van der Waals surface area (Å²) in [4.78, 5) is 0. The molecule has 2 nitrogen and oxygen atoms in total. The van der Waals surface area contributed by atoms with E-state index in [9.17, 15) is 0 Å². The zero-order valence-corrected chi connectivity index (χ0v) is 7.17. The van der Waals surface area contributed by atoms with Crippen molar-refractivity contribution in [3.8, 4) is 0 Å². The van der Waals surface area contributed by atoms with E-state index in [1.165, 1.54) is 0 Å². The predicted octanol–water partition coefficient (Wildman–Crippen LogP) is 0.988. The van der Waals surface area contributed by atoms with Crippen molar-refractivity contribution in [1.82, 2.24) is 0 Å². The lowest BCUT2D eigenvalue weighted by molar-refractivity contribution is 0.182. The third kappa shape index (κ3) is 2.67. The van der Waals surface area contributed by atoms with E-state index in [0.717, 1.165) is 6.42 Å². The summed E-state index contributed by atoms with van der Waals surface area (Å²) in [6, 6.07) is 0.148. The van der Waals surface area contributed by atoms with Crippen molar-refractivity contribution < 1.29 is 5.11 Å². The van der Waals surface area contributed by atoms with E-state index in [0.29, 0.717) is 5.92 Å². The van der Waals surface area contributed by atoms with Crippen LogP contribution in [-0.4, -0.2) is 17.8 Å². The fraction of sp³-hybridized carbons (Fsp3) is 1.00. The molecule has 0 rings (SSSR count). The van der Waals surface area contributed by atoms with Crippen LogP contribution in [-0.2, 0) is 0 Å². The van der Waals surface area contributed by atoms with Crippen molar-refractivity contribution in [1.29, 1.82) is 0 Å². The third-order valence-corrected chi connectivity index (χ3v) is 2.07. The highest BCUT2D eigenvalue weighted by Crippen LogP contribution is 2.12. The zero-order valence-electron chi connectivity index (χ0n) is 7.17. The molecule has 0 aliphatic heterocycles. The van der Waals surface area contributed by atoms with Gasteiger partial charge in [-0.05, 0) is 18.3 Å². The zero-order chi connectivity index (χ0) is 8.15. The van der Waals surface area contributed by atoms with Gasteiger partial charge in [0.15, 0.2) is 0 Å². The largest absolute Gasteiger partial charge is 0.396 e. The van der Waals surface area contributed by atoms with Crippen LogP contribution in [0.4, 0.5) is 0 Å². The van der Waals surface area contributed by atoms with E-state index in [1.807, 2.05) is 0 Å². The molecule has 0 fully saturated rings. The first kappa shape index (κ1) is 9.92.